The van der Waals surface area contributed by atoms with Gasteiger partial charge >= 0.3 is 13.1 Å². The van der Waals surface area contributed by atoms with E-state index in [0.717, 1.165) is 37.1 Å². The van der Waals surface area contributed by atoms with Crippen LogP contribution in [-0.2, 0) is 9.31 Å². The number of hydrogen-bond acceptors (Lipinski definition) is 3. The third-order valence-corrected chi connectivity index (χ3v) is 5.73. The lowest BCUT2D eigenvalue weighted by Gasteiger charge is -2.32. The third kappa shape index (κ3) is 3.85. The van der Waals surface area contributed by atoms with E-state index >= 15 is 0 Å². The van der Waals surface area contributed by atoms with Gasteiger partial charge in [-0.2, -0.15) is 0 Å². The number of carbonyl (C=O) groups is 1. The number of nitrogens with zero attached hydrogens (tertiary/aromatic N) is 1. The molecule has 2 heterocycles. The molecule has 0 radical (unpaired) electrons. The fourth-order valence-electron chi connectivity index (χ4n) is 3.16. The van der Waals surface area contributed by atoms with Crippen LogP contribution in [-0.4, -0.2) is 42.3 Å². The summed E-state index contributed by atoms with van der Waals surface area (Å²) in [5.41, 5.74) is 0.947. The minimum atomic E-state index is -0.419. The van der Waals surface area contributed by atoms with Crippen LogP contribution in [0.4, 0.5) is 10.5 Å². The molecule has 5 nitrogen and oxygen atoms in total. The Kier molecular flexibility index (Phi) is 4.86. The topological polar surface area (TPSA) is 50.8 Å². The van der Waals surface area contributed by atoms with Crippen LogP contribution in [0.5, 0.6) is 0 Å². The van der Waals surface area contributed by atoms with Crippen molar-refractivity contribution in [1.29, 1.82) is 0 Å². The van der Waals surface area contributed by atoms with Crippen LogP contribution in [0.1, 0.15) is 47.5 Å². The van der Waals surface area contributed by atoms with Gasteiger partial charge in [-0.1, -0.05) is 19.1 Å². The number of benzene rings is 1. The lowest BCUT2D eigenvalue weighted by molar-refractivity contribution is 0.00578. The summed E-state index contributed by atoms with van der Waals surface area (Å²) < 4.78 is 12.2. The summed E-state index contributed by atoms with van der Waals surface area (Å²) in [6.07, 6.45) is 2.14. The summed E-state index contributed by atoms with van der Waals surface area (Å²) in [6.45, 7) is 12.0. The fraction of sp³-hybridized carbons (Fsp3) is 0.632. The number of anilines is 1. The van der Waals surface area contributed by atoms with Crippen molar-refractivity contribution in [2.75, 3.05) is 18.4 Å². The molecule has 25 heavy (non-hydrogen) atoms. The van der Waals surface area contributed by atoms with E-state index < -0.39 is 7.12 Å². The molecule has 3 rings (SSSR count). The zero-order valence-corrected chi connectivity index (χ0v) is 16.0. The highest BCUT2D eigenvalue weighted by Crippen LogP contribution is 2.36. The van der Waals surface area contributed by atoms with Gasteiger partial charge in [-0.05, 0) is 64.1 Å². The summed E-state index contributed by atoms with van der Waals surface area (Å²) in [7, 11) is -0.419. The minimum absolute atomic E-state index is 0.0297. The van der Waals surface area contributed by atoms with E-state index in [9.17, 15) is 4.79 Å². The third-order valence-electron chi connectivity index (χ3n) is 5.73. The molecule has 2 amide bonds. The average Bonchev–Trinajstić information content (AvgIpc) is 2.76. The highest BCUT2D eigenvalue weighted by Gasteiger charge is 2.51. The Morgan fingerprint density at radius 2 is 1.76 bits per heavy atom. The Balaban J connectivity index is 1.67. The maximum atomic E-state index is 12.5. The number of likely N-dealkylation sites (tertiary alicyclic amines) is 1. The molecule has 0 aromatic heterocycles. The first-order valence-corrected chi connectivity index (χ1v) is 9.19. The molecular weight excluding hydrogens is 315 g/mol. The SMILES string of the molecule is CC1CCN(C(=O)Nc2cccc(B3OC(C)(C)C(C)(C)O3)c2)CC1. The summed E-state index contributed by atoms with van der Waals surface area (Å²) in [6, 6.07) is 7.71. The van der Waals surface area contributed by atoms with Crippen LogP contribution < -0.4 is 10.8 Å². The largest absolute Gasteiger partial charge is 0.494 e. The Bertz CT molecular complexity index is 623. The number of amides is 2. The van der Waals surface area contributed by atoms with Gasteiger partial charge in [0.1, 0.15) is 0 Å². The van der Waals surface area contributed by atoms with Crippen molar-refractivity contribution in [2.24, 2.45) is 5.92 Å². The monoisotopic (exact) mass is 344 g/mol. The molecule has 0 atom stereocenters. The van der Waals surface area contributed by atoms with Crippen LogP contribution in [0.2, 0.25) is 0 Å². The van der Waals surface area contributed by atoms with Crippen molar-refractivity contribution >= 4 is 24.3 Å². The molecule has 2 aliphatic rings. The zero-order chi connectivity index (χ0) is 18.2. The van der Waals surface area contributed by atoms with E-state index in [4.69, 9.17) is 9.31 Å². The number of carbonyl (C=O) groups excluding carboxylic acids is 1. The number of hydrogen-bond donors (Lipinski definition) is 1. The Morgan fingerprint density at radius 3 is 2.36 bits per heavy atom. The first kappa shape index (κ1) is 18.3. The van der Waals surface area contributed by atoms with Crippen molar-refractivity contribution < 1.29 is 14.1 Å². The van der Waals surface area contributed by atoms with Crippen LogP contribution in [0.15, 0.2) is 24.3 Å². The smallest absolute Gasteiger partial charge is 0.399 e. The maximum Gasteiger partial charge on any atom is 0.494 e. The van der Waals surface area contributed by atoms with Gasteiger partial charge in [-0.3, -0.25) is 0 Å². The number of piperidine rings is 1. The van der Waals surface area contributed by atoms with Gasteiger partial charge < -0.3 is 19.5 Å². The molecule has 2 fully saturated rings. The quantitative estimate of drug-likeness (QED) is 0.838. The molecule has 0 spiro atoms. The Hall–Kier alpha value is -1.53. The van der Waals surface area contributed by atoms with Crippen molar-refractivity contribution in [1.82, 2.24) is 4.90 Å². The van der Waals surface area contributed by atoms with E-state index in [0.29, 0.717) is 5.92 Å². The molecule has 1 aromatic carbocycles. The van der Waals surface area contributed by atoms with E-state index in [2.05, 4.69) is 12.2 Å². The molecule has 1 aromatic rings. The van der Waals surface area contributed by atoms with E-state index in [1.165, 1.54) is 0 Å². The van der Waals surface area contributed by atoms with Gasteiger partial charge in [0.2, 0.25) is 0 Å². The first-order valence-electron chi connectivity index (χ1n) is 9.19. The van der Waals surface area contributed by atoms with Crippen LogP contribution >= 0.6 is 0 Å². The molecule has 136 valence electrons. The first-order chi connectivity index (χ1) is 11.7. The molecule has 2 saturated heterocycles. The normalized spacial score (nSPS) is 22.9. The highest BCUT2D eigenvalue weighted by atomic mass is 16.7. The Morgan fingerprint density at radius 1 is 1.16 bits per heavy atom. The standard InChI is InChI=1S/C19H29BN2O3/c1-14-9-11-22(12-10-14)17(23)21-16-8-6-7-15(13-16)20-24-18(2,3)19(4,5)25-20/h6-8,13-14H,9-12H2,1-5H3,(H,21,23). The van der Waals surface area contributed by atoms with E-state index in [1.807, 2.05) is 56.9 Å². The van der Waals surface area contributed by atoms with Crippen LogP contribution in [0, 0.1) is 5.92 Å². The van der Waals surface area contributed by atoms with Gasteiger partial charge in [-0.15, -0.1) is 0 Å². The molecular formula is C19H29BN2O3. The molecule has 0 unspecified atom stereocenters. The predicted octanol–water partition coefficient (Wildman–Crippen LogP) is 3.25. The second-order valence-corrected chi connectivity index (χ2v) is 8.31. The van der Waals surface area contributed by atoms with Gasteiger partial charge in [0, 0.05) is 18.8 Å². The summed E-state index contributed by atoms with van der Waals surface area (Å²) >= 11 is 0. The summed E-state index contributed by atoms with van der Waals surface area (Å²) in [5, 5.41) is 3.01. The molecule has 0 bridgehead atoms. The van der Waals surface area contributed by atoms with Gasteiger partial charge in [0.25, 0.3) is 0 Å². The average molecular weight is 344 g/mol. The van der Waals surface area contributed by atoms with E-state index in [-0.39, 0.29) is 17.2 Å². The second kappa shape index (κ2) is 6.65. The van der Waals surface area contributed by atoms with Crippen molar-refractivity contribution in [2.45, 2.75) is 58.7 Å². The molecule has 0 aliphatic carbocycles. The zero-order valence-electron chi connectivity index (χ0n) is 16.0. The van der Waals surface area contributed by atoms with E-state index in [1.54, 1.807) is 0 Å². The summed E-state index contributed by atoms with van der Waals surface area (Å²) in [4.78, 5) is 14.4. The predicted molar refractivity (Wildman–Crippen MR) is 101 cm³/mol. The lowest BCUT2D eigenvalue weighted by atomic mass is 9.79. The van der Waals surface area contributed by atoms with Crippen LogP contribution in [0.3, 0.4) is 0 Å². The maximum absolute atomic E-state index is 12.5. The highest BCUT2D eigenvalue weighted by molar-refractivity contribution is 6.62. The van der Waals surface area contributed by atoms with Gasteiger partial charge in [-0.25, -0.2) is 4.79 Å². The fourth-order valence-corrected chi connectivity index (χ4v) is 3.16. The van der Waals surface area contributed by atoms with Gasteiger partial charge in [0.05, 0.1) is 11.2 Å². The molecule has 6 heteroatoms. The molecule has 2 aliphatic heterocycles. The molecule has 1 N–H and O–H groups in total. The summed E-state index contributed by atoms with van der Waals surface area (Å²) in [5.74, 6) is 0.704. The minimum Gasteiger partial charge on any atom is -0.399 e. The van der Waals surface area contributed by atoms with Crippen LogP contribution in [0.25, 0.3) is 0 Å². The lowest BCUT2D eigenvalue weighted by Crippen LogP contribution is -2.41. The van der Waals surface area contributed by atoms with Crippen molar-refractivity contribution in [3.8, 4) is 0 Å². The number of nitrogens with one attached hydrogen (secondary N) is 1. The molecule has 0 saturated carbocycles. The number of rotatable bonds is 2. The van der Waals surface area contributed by atoms with Gasteiger partial charge in [0.15, 0.2) is 0 Å². The van der Waals surface area contributed by atoms with Crippen molar-refractivity contribution in [3.05, 3.63) is 24.3 Å². The Labute approximate surface area is 151 Å². The number of urea groups is 1. The second-order valence-electron chi connectivity index (χ2n) is 8.31. The van der Waals surface area contributed by atoms with Crippen molar-refractivity contribution in [3.63, 3.8) is 0 Å².